The van der Waals surface area contributed by atoms with E-state index in [-0.39, 0.29) is 17.6 Å². The fourth-order valence-electron chi connectivity index (χ4n) is 8.21. The number of piperidine rings is 1. The number of aromatic nitrogens is 2. The molecule has 1 fully saturated rings. The zero-order valence-corrected chi connectivity index (χ0v) is 35.8. The quantitative estimate of drug-likeness (QED) is 0.0909. The molecule has 0 spiro atoms. The van der Waals surface area contributed by atoms with E-state index in [1.807, 2.05) is 101 Å². The van der Waals surface area contributed by atoms with Gasteiger partial charge in [0.05, 0.1) is 30.0 Å². The van der Waals surface area contributed by atoms with E-state index < -0.39 is 11.6 Å². The van der Waals surface area contributed by atoms with Crippen LogP contribution in [0.3, 0.4) is 0 Å². The van der Waals surface area contributed by atoms with Crippen LogP contribution in [0.1, 0.15) is 97.8 Å². The van der Waals surface area contributed by atoms with Gasteiger partial charge in [0.15, 0.2) is 10.8 Å². The molecular formula is C47H55N5O6S. The van der Waals surface area contributed by atoms with Gasteiger partial charge < -0.3 is 19.1 Å². The summed E-state index contributed by atoms with van der Waals surface area (Å²) in [7, 11) is 0. The Kier molecular flexibility index (Phi) is 13.0. The molecule has 12 heteroatoms. The lowest BCUT2D eigenvalue weighted by Gasteiger charge is -2.37. The van der Waals surface area contributed by atoms with Gasteiger partial charge >= 0.3 is 11.9 Å². The minimum absolute atomic E-state index is 0.152. The molecule has 1 saturated heterocycles. The Labute approximate surface area is 351 Å². The molecule has 5 aromatic rings. The number of para-hydroxylation sites is 1. The van der Waals surface area contributed by atoms with Crippen LogP contribution in [0.2, 0.25) is 0 Å². The second-order valence-electron chi connectivity index (χ2n) is 16.6. The summed E-state index contributed by atoms with van der Waals surface area (Å²) in [5, 5.41) is 3.58. The van der Waals surface area contributed by atoms with Crippen molar-refractivity contribution in [1.29, 1.82) is 0 Å². The number of esters is 2. The Morgan fingerprint density at radius 1 is 0.949 bits per heavy atom. The number of anilines is 2. The molecule has 0 radical (unpaired) electrons. The summed E-state index contributed by atoms with van der Waals surface area (Å²) >= 11 is 1.45. The van der Waals surface area contributed by atoms with Crippen molar-refractivity contribution >= 4 is 50.3 Å². The van der Waals surface area contributed by atoms with E-state index in [0.717, 1.165) is 76.9 Å². The van der Waals surface area contributed by atoms with Crippen LogP contribution in [0, 0.1) is 12.8 Å². The number of rotatable bonds is 13. The minimum Gasteiger partial charge on any atom is -0.493 e. The maximum absolute atomic E-state index is 13.9. The van der Waals surface area contributed by atoms with Crippen LogP contribution in [-0.4, -0.2) is 77.2 Å². The van der Waals surface area contributed by atoms with Gasteiger partial charge in [-0.25, -0.2) is 14.8 Å². The number of benzene rings is 3. The van der Waals surface area contributed by atoms with Crippen molar-refractivity contribution < 1.29 is 28.6 Å². The molecule has 2 aliphatic rings. The summed E-state index contributed by atoms with van der Waals surface area (Å²) in [6, 6.07) is 23.8. The average Bonchev–Trinajstić information content (AvgIpc) is 3.62. The maximum Gasteiger partial charge on any atom is 0.358 e. The van der Waals surface area contributed by atoms with Crippen molar-refractivity contribution in [1.82, 2.24) is 14.9 Å². The molecule has 310 valence electrons. The highest BCUT2D eigenvalue weighted by Gasteiger charge is 2.29. The van der Waals surface area contributed by atoms with Gasteiger partial charge in [-0.05, 0) is 145 Å². The summed E-state index contributed by atoms with van der Waals surface area (Å²) in [5.74, 6) is 1.12. The number of ether oxygens (including phenoxy) is 3. The number of likely N-dealkylation sites (tertiary alicyclic amines) is 1. The highest BCUT2D eigenvalue weighted by molar-refractivity contribution is 7.22. The van der Waals surface area contributed by atoms with Gasteiger partial charge in [0.2, 0.25) is 0 Å². The molecule has 1 N–H and O–H groups in total. The van der Waals surface area contributed by atoms with Crippen LogP contribution in [0.5, 0.6) is 5.75 Å². The number of pyridine rings is 1. The molecule has 0 unspecified atom stereocenters. The van der Waals surface area contributed by atoms with Gasteiger partial charge in [0.25, 0.3) is 5.91 Å². The van der Waals surface area contributed by atoms with Crippen molar-refractivity contribution in [2.24, 2.45) is 5.92 Å². The molecule has 7 rings (SSSR count). The lowest BCUT2D eigenvalue weighted by Crippen LogP contribution is -2.43. The Morgan fingerprint density at radius 2 is 1.76 bits per heavy atom. The number of nitrogens with zero attached hydrogens (tertiary/aromatic N) is 4. The first-order chi connectivity index (χ1) is 28.4. The topological polar surface area (TPSA) is 123 Å². The van der Waals surface area contributed by atoms with E-state index in [1.54, 1.807) is 0 Å². The number of hydrogen-bond donors (Lipinski definition) is 1. The highest BCUT2D eigenvalue weighted by atomic mass is 32.1. The van der Waals surface area contributed by atoms with Crippen LogP contribution in [0.25, 0.3) is 21.3 Å². The zero-order chi connectivity index (χ0) is 41.7. The van der Waals surface area contributed by atoms with Gasteiger partial charge in [-0.2, -0.15) is 0 Å². The first-order valence-electron chi connectivity index (χ1n) is 20.8. The Hall–Kier alpha value is -5.33. The van der Waals surface area contributed by atoms with E-state index in [4.69, 9.17) is 19.2 Å². The van der Waals surface area contributed by atoms with Crippen LogP contribution in [-0.2, 0) is 27.2 Å². The Balaban J connectivity index is 1.06. The predicted octanol–water partition coefficient (Wildman–Crippen LogP) is 9.26. The van der Waals surface area contributed by atoms with E-state index in [1.165, 1.54) is 11.3 Å². The lowest BCUT2D eigenvalue weighted by molar-refractivity contribution is -0.145. The van der Waals surface area contributed by atoms with Crippen molar-refractivity contribution in [3.63, 3.8) is 0 Å². The predicted molar refractivity (Wildman–Crippen MR) is 233 cm³/mol. The number of thiazole rings is 1. The fraction of sp³-hybridized carbons (Fsp3) is 0.426. The van der Waals surface area contributed by atoms with Gasteiger partial charge in [-0.1, -0.05) is 47.7 Å². The van der Waals surface area contributed by atoms with Crippen molar-refractivity contribution in [3.8, 4) is 16.9 Å². The summed E-state index contributed by atoms with van der Waals surface area (Å²) in [6.07, 6.45) is 4.80. The third-order valence-corrected chi connectivity index (χ3v) is 12.1. The van der Waals surface area contributed by atoms with Crippen LogP contribution < -0.4 is 15.0 Å². The number of nitrogens with one attached hydrogen (secondary N) is 1. The molecule has 0 saturated carbocycles. The largest absolute Gasteiger partial charge is 0.493 e. The molecule has 2 aromatic heterocycles. The van der Waals surface area contributed by atoms with Crippen LogP contribution in [0.15, 0.2) is 72.8 Å². The standard InChI is InChI=1S/C47H55N5O6S/c1-7-56-42(53)29-51-24-22-32(27-30(51)2)13-12-26-57-39-18-11-15-34(31(39)3)35-20-21-41(49-43(35)45(55)58-47(4,5)6)52-25-23-33-14-10-16-36(37(33)28-52)44(54)50-46-48-38-17-8-9-19-40(38)59-46/h8-11,14-21,30,32H,7,12-13,22-29H2,1-6H3,(H,48,50,54)/t30-,32-/m0/s1. The Bertz CT molecular complexity index is 2290. The summed E-state index contributed by atoms with van der Waals surface area (Å²) in [6.45, 7) is 15.0. The number of carbonyl (C=O) groups excluding carboxylic acids is 3. The first kappa shape index (κ1) is 41.8. The monoisotopic (exact) mass is 817 g/mol. The van der Waals surface area contributed by atoms with E-state index in [9.17, 15) is 14.4 Å². The Morgan fingerprint density at radius 3 is 2.54 bits per heavy atom. The van der Waals surface area contributed by atoms with Crippen molar-refractivity contribution in [3.05, 3.63) is 101 Å². The third-order valence-electron chi connectivity index (χ3n) is 11.2. The number of carbonyl (C=O) groups is 3. The van der Waals surface area contributed by atoms with Gasteiger partial charge in [-0.3, -0.25) is 19.8 Å². The summed E-state index contributed by atoms with van der Waals surface area (Å²) in [5.41, 5.74) is 5.42. The number of fused-ring (bicyclic) bond motifs is 2. The molecular weight excluding hydrogens is 763 g/mol. The molecule has 11 nitrogen and oxygen atoms in total. The molecule has 2 aliphatic heterocycles. The normalized spacial score (nSPS) is 17.0. The average molecular weight is 818 g/mol. The second-order valence-corrected chi connectivity index (χ2v) is 17.6. The van der Waals surface area contributed by atoms with Crippen LogP contribution in [0.4, 0.5) is 10.9 Å². The van der Waals surface area contributed by atoms with Gasteiger partial charge in [0.1, 0.15) is 17.2 Å². The summed E-state index contributed by atoms with van der Waals surface area (Å²) < 4.78 is 18.5. The minimum atomic E-state index is -0.725. The smallest absolute Gasteiger partial charge is 0.358 e. The molecule has 2 atom stereocenters. The maximum atomic E-state index is 13.9. The molecule has 0 bridgehead atoms. The molecule has 59 heavy (non-hydrogen) atoms. The SMILES string of the molecule is CCOC(=O)CN1CC[C@H](CCCOc2cccc(-c3ccc(N4CCc5cccc(C(=O)Nc6nc7ccccc7s6)c5C4)nc3C(=O)OC(C)(C)C)c2C)C[C@@H]1C. The molecule has 4 heterocycles. The number of hydrogen-bond acceptors (Lipinski definition) is 11. The van der Waals surface area contributed by atoms with E-state index in [0.29, 0.717) is 66.9 Å². The lowest BCUT2D eigenvalue weighted by atomic mass is 9.88. The van der Waals surface area contributed by atoms with Crippen molar-refractivity contribution in [2.75, 3.05) is 43.1 Å². The fourth-order valence-corrected chi connectivity index (χ4v) is 9.07. The van der Waals surface area contributed by atoms with Crippen LogP contribution >= 0.6 is 11.3 Å². The molecule has 0 aliphatic carbocycles. The van der Waals surface area contributed by atoms with Gasteiger partial charge in [0, 0.05) is 30.3 Å². The number of amides is 1. The molecule has 3 aromatic carbocycles. The van der Waals surface area contributed by atoms with Gasteiger partial charge in [-0.15, -0.1) is 0 Å². The van der Waals surface area contributed by atoms with E-state index in [2.05, 4.69) is 33.1 Å². The molecule has 1 amide bonds. The highest BCUT2D eigenvalue weighted by Crippen LogP contribution is 2.36. The zero-order valence-electron chi connectivity index (χ0n) is 35.0. The van der Waals surface area contributed by atoms with E-state index >= 15 is 0 Å². The summed E-state index contributed by atoms with van der Waals surface area (Å²) in [4.78, 5) is 53.6. The van der Waals surface area contributed by atoms with Crippen molar-refractivity contribution in [2.45, 2.75) is 91.8 Å². The first-order valence-corrected chi connectivity index (χ1v) is 21.6. The third kappa shape index (κ3) is 10.1. The second kappa shape index (κ2) is 18.3.